The quantitative estimate of drug-likeness (QED) is 0.740. The van der Waals surface area contributed by atoms with Crippen molar-refractivity contribution in [2.45, 2.75) is 6.42 Å². The molecule has 4 rings (SSSR count). The molecule has 0 saturated carbocycles. The number of carbonyl (C=O) groups is 2. The number of nitrogens with one attached hydrogen (secondary N) is 1. The van der Waals surface area contributed by atoms with E-state index in [1.54, 1.807) is 23.2 Å². The lowest BCUT2D eigenvalue weighted by atomic mass is 10.1. The second-order valence-corrected chi connectivity index (χ2v) is 7.48. The van der Waals surface area contributed by atoms with Gasteiger partial charge in [0, 0.05) is 63.6 Å². The van der Waals surface area contributed by atoms with Crippen molar-refractivity contribution in [2.24, 2.45) is 0 Å². The Morgan fingerprint density at radius 3 is 2.52 bits per heavy atom. The van der Waals surface area contributed by atoms with E-state index >= 15 is 0 Å². The van der Waals surface area contributed by atoms with Crippen LogP contribution in [0.5, 0.6) is 0 Å². The zero-order chi connectivity index (χ0) is 20.4. The zero-order valence-electron chi connectivity index (χ0n) is 16.8. The van der Waals surface area contributed by atoms with E-state index in [0.29, 0.717) is 44.0 Å². The van der Waals surface area contributed by atoms with Crippen LogP contribution in [0.25, 0.3) is 10.9 Å². The van der Waals surface area contributed by atoms with E-state index in [0.717, 1.165) is 16.5 Å². The summed E-state index contributed by atoms with van der Waals surface area (Å²) in [6.45, 7) is 2.15. The third-order valence-corrected chi connectivity index (χ3v) is 5.38. The van der Waals surface area contributed by atoms with Crippen LogP contribution in [0.1, 0.15) is 15.9 Å². The number of fused-ring (bicyclic) bond motifs is 1. The Labute approximate surface area is 169 Å². The number of amides is 2. The summed E-state index contributed by atoms with van der Waals surface area (Å²) in [7, 11) is 3.75. The number of H-pyrrole nitrogens is 1. The van der Waals surface area contributed by atoms with Crippen LogP contribution >= 0.6 is 0 Å². The van der Waals surface area contributed by atoms with Crippen molar-refractivity contribution < 1.29 is 9.59 Å². The first-order valence-corrected chi connectivity index (χ1v) is 9.79. The lowest BCUT2D eigenvalue weighted by Gasteiger charge is -2.35. The first-order valence-electron chi connectivity index (χ1n) is 9.79. The number of hydrogen-bond donors (Lipinski definition) is 1. The molecule has 1 aliphatic heterocycles. The molecule has 2 aromatic heterocycles. The highest BCUT2D eigenvalue weighted by Crippen LogP contribution is 2.20. The number of aromatic amines is 1. The van der Waals surface area contributed by atoms with Crippen LogP contribution in [0.3, 0.4) is 0 Å². The first-order chi connectivity index (χ1) is 14.0. The highest BCUT2D eigenvalue weighted by atomic mass is 16.2. The average Bonchev–Trinajstić information content (AvgIpc) is 3.16. The molecule has 150 valence electrons. The van der Waals surface area contributed by atoms with Gasteiger partial charge in [0.05, 0.1) is 12.0 Å². The molecule has 3 aromatic rings. The molecule has 1 fully saturated rings. The summed E-state index contributed by atoms with van der Waals surface area (Å²) in [6, 6.07) is 11.6. The highest BCUT2D eigenvalue weighted by Gasteiger charge is 2.27. The zero-order valence-corrected chi connectivity index (χ0v) is 16.8. The molecule has 1 saturated heterocycles. The van der Waals surface area contributed by atoms with E-state index < -0.39 is 0 Å². The second kappa shape index (κ2) is 7.95. The van der Waals surface area contributed by atoms with Gasteiger partial charge in [-0.05, 0) is 23.8 Å². The monoisotopic (exact) mass is 391 g/mol. The minimum atomic E-state index is -0.0365. The van der Waals surface area contributed by atoms with Crippen LogP contribution in [0, 0.1) is 0 Å². The third kappa shape index (κ3) is 3.81. The predicted octanol–water partition coefficient (Wildman–Crippen LogP) is 2.16. The number of benzene rings is 1. The van der Waals surface area contributed by atoms with Gasteiger partial charge in [-0.15, -0.1) is 0 Å². The lowest BCUT2D eigenvalue weighted by molar-refractivity contribution is -0.131. The van der Waals surface area contributed by atoms with Crippen molar-refractivity contribution in [3.8, 4) is 0 Å². The summed E-state index contributed by atoms with van der Waals surface area (Å²) in [4.78, 5) is 38.8. The Hall–Kier alpha value is -3.35. The number of aromatic nitrogens is 2. The van der Waals surface area contributed by atoms with E-state index in [1.807, 2.05) is 54.4 Å². The molecule has 0 atom stereocenters. The maximum absolute atomic E-state index is 13.0. The molecule has 7 heteroatoms. The van der Waals surface area contributed by atoms with Crippen LogP contribution in [-0.2, 0) is 11.2 Å². The Balaban J connectivity index is 1.39. The van der Waals surface area contributed by atoms with Gasteiger partial charge in [0.1, 0.15) is 5.82 Å². The van der Waals surface area contributed by atoms with E-state index in [-0.39, 0.29) is 11.8 Å². The second-order valence-electron chi connectivity index (χ2n) is 7.48. The van der Waals surface area contributed by atoms with Gasteiger partial charge in [0.25, 0.3) is 5.91 Å². The molecular weight excluding hydrogens is 366 g/mol. The smallest absolute Gasteiger partial charge is 0.257 e. The van der Waals surface area contributed by atoms with E-state index in [9.17, 15) is 9.59 Å². The van der Waals surface area contributed by atoms with Crippen LogP contribution in [-0.4, -0.2) is 71.9 Å². The van der Waals surface area contributed by atoms with Crippen molar-refractivity contribution in [2.75, 3.05) is 45.2 Å². The van der Waals surface area contributed by atoms with Gasteiger partial charge < -0.3 is 19.7 Å². The third-order valence-electron chi connectivity index (χ3n) is 5.38. The Bertz CT molecular complexity index is 1030. The van der Waals surface area contributed by atoms with E-state index in [1.165, 1.54) is 0 Å². The topological polar surface area (TPSA) is 72.5 Å². The summed E-state index contributed by atoms with van der Waals surface area (Å²) in [5, 5.41) is 1.09. The van der Waals surface area contributed by atoms with Gasteiger partial charge in [-0.3, -0.25) is 9.59 Å². The fraction of sp³-hybridized carbons (Fsp3) is 0.318. The minimum Gasteiger partial charge on any atom is -0.362 e. The molecule has 0 bridgehead atoms. The van der Waals surface area contributed by atoms with Gasteiger partial charge >= 0.3 is 0 Å². The summed E-state index contributed by atoms with van der Waals surface area (Å²) < 4.78 is 0. The van der Waals surface area contributed by atoms with Gasteiger partial charge in [0.15, 0.2) is 0 Å². The molecule has 0 unspecified atom stereocenters. The number of para-hydroxylation sites is 1. The molecule has 29 heavy (non-hydrogen) atoms. The van der Waals surface area contributed by atoms with Crippen LogP contribution in [0.2, 0.25) is 0 Å². The van der Waals surface area contributed by atoms with Crippen molar-refractivity contribution in [3.63, 3.8) is 0 Å². The molecule has 3 heterocycles. The Morgan fingerprint density at radius 2 is 1.76 bits per heavy atom. The maximum atomic E-state index is 13.0. The van der Waals surface area contributed by atoms with Crippen LogP contribution < -0.4 is 4.90 Å². The normalized spacial score (nSPS) is 14.3. The molecule has 0 spiro atoms. The van der Waals surface area contributed by atoms with Crippen LogP contribution in [0.4, 0.5) is 5.82 Å². The first kappa shape index (κ1) is 19.0. The standard InChI is InChI=1S/C22H25N5O2/c1-25(2)21-18(7-5-9-23-21)22(29)27-12-10-26(11-13-27)20(28)14-16-15-24-19-8-4-3-6-17(16)19/h3-9,15,24H,10-14H2,1-2H3. The largest absolute Gasteiger partial charge is 0.362 e. The molecule has 1 aromatic carbocycles. The number of nitrogens with zero attached hydrogens (tertiary/aromatic N) is 4. The number of pyridine rings is 1. The van der Waals surface area contributed by atoms with Gasteiger partial charge in [-0.2, -0.15) is 0 Å². The molecular formula is C22H25N5O2. The SMILES string of the molecule is CN(C)c1ncccc1C(=O)N1CCN(C(=O)Cc2c[nH]c3ccccc23)CC1. The van der Waals surface area contributed by atoms with Gasteiger partial charge in [0.2, 0.25) is 5.91 Å². The van der Waals surface area contributed by atoms with Gasteiger partial charge in [-0.1, -0.05) is 18.2 Å². The fourth-order valence-electron chi connectivity index (χ4n) is 3.80. The maximum Gasteiger partial charge on any atom is 0.257 e. The Kier molecular flexibility index (Phi) is 5.20. The van der Waals surface area contributed by atoms with Gasteiger partial charge in [-0.25, -0.2) is 4.98 Å². The number of carbonyl (C=O) groups excluding carboxylic acids is 2. The van der Waals surface area contributed by atoms with E-state index in [4.69, 9.17) is 0 Å². The summed E-state index contributed by atoms with van der Waals surface area (Å²) in [5.41, 5.74) is 2.64. The van der Waals surface area contributed by atoms with Crippen molar-refractivity contribution in [3.05, 3.63) is 59.9 Å². The predicted molar refractivity (Wildman–Crippen MR) is 113 cm³/mol. The number of hydrogen-bond acceptors (Lipinski definition) is 4. The lowest BCUT2D eigenvalue weighted by Crippen LogP contribution is -2.51. The summed E-state index contributed by atoms with van der Waals surface area (Å²) in [6.07, 6.45) is 3.96. The molecule has 0 radical (unpaired) electrons. The summed E-state index contributed by atoms with van der Waals surface area (Å²) in [5.74, 6) is 0.720. The molecule has 0 aliphatic carbocycles. The fourth-order valence-corrected chi connectivity index (χ4v) is 3.80. The summed E-state index contributed by atoms with van der Waals surface area (Å²) >= 11 is 0. The number of anilines is 1. The van der Waals surface area contributed by atoms with Crippen molar-refractivity contribution >= 4 is 28.5 Å². The van der Waals surface area contributed by atoms with E-state index in [2.05, 4.69) is 9.97 Å². The van der Waals surface area contributed by atoms with Crippen molar-refractivity contribution in [1.29, 1.82) is 0 Å². The average molecular weight is 391 g/mol. The highest BCUT2D eigenvalue weighted by molar-refractivity contribution is 5.99. The molecule has 1 N–H and O–H groups in total. The number of rotatable bonds is 4. The van der Waals surface area contributed by atoms with Crippen LogP contribution in [0.15, 0.2) is 48.8 Å². The van der Waals surface area contributed by atoms with Crippen molar-refractivity contribution in [1.82, 2.24) is 19.8 Å². The molecule has 1 aliphatic rings. The number of piperazine rings is 1. The molecule has 2 amide bonds. The Morgan fingerprint density at radius 1 is 1.03 bits per heavy atom. The molecule has 7 nitrogen and oxygen atoms in total. The minimum absolute atomic E-state index is 0.0365.